The zero-order valence-corrected chi connectivity index (χ0v) is 17.4. The van der Waals surface area contributed by atoms with Gasteiger partial charge >= 0.3 is 0 Å². The van der Waals surface area contributed by atoms with Crippen LogP contribution in [0.2, 0.25) is 0 Å². The van der Waals surface area contributed by atoms with Crippen molar-refractivity contribution < 1.29 is 28.6 Å². The first-order valence-electron chi connectivity index (χ1n) is 9.79. The minimum Gasteiger partial charge on any atom is -0.507 e. The van der Waals surface area contributed by atoms with Crippen LogP contribution in [0.4, 0.5) is 10.1 Å². The number of amides is 1. The Morgan fingerprint density at radius 1 is 0.844 bits per heavy atom. The summed E-state index contributed by atoms with van der Waals surface area (Å²) in [4.78, 5) is 27.4. The number of carbonyl (C=O) groups is 2. The summed E-state index contributed by atoms with van der Waals surface area (Å²) in [5.74, 6) is -1.23. The van der Waals surface area contributed by atoms with Gasteiger partial charge in [-0.25, -0.2) is 4.39 Å². The third-order valence-electron chi connectivity index (χ3n) is 5.34. The largest absolute Gasteiger partial charge is 0.507 e. The van der Waals surface area contributed by atoms with E-state index in [0.29, 0.717) is 28.3 Å². The number of aliphatic hydroxyl groups is 1. The SMILES string of the molecule is COc1ccc(/C(O)=C2\C(=O)C(=O)N(c3ccc(OC)cc3)[C@@H]2c2ccc(F)cc2)cc1. The van der Waals surface area contributed by atoms with Crippen LogP contribution in [0.25, 0.3) is 5.76 Å². The predicted octanol–water partition coefficient (Wildman–Crippen LogP) is 4.47. The number of carbonyl (C=O) groups excluding carboxylic acids is 2. The number of ketones is 1. The highest BCUT2D eigenvalue weighted by Crippen LogP contribution is 2.42. The molecule has 4 rings (SSSR count). The van der Waals surface area contributed by atoms with Gasteiger partial charge in [0.05, 0.1) is 25.8 Å². The van der Waals surface area contributed by atoms with E-state index in [0.717, 1.165) is 0 Å². The van der Waals surface area contributed by atoms with E-state index < -0.39 is 23.5 Å². The second-order valence-corrected chi connectivity index (χ2v) is 7.15. The zero-order chi connectivity index (χ0) is 22.8. The molecule has 1 fully saturated rings. The molecule has 0 bridgehead atoms. The van der Waals surface area contributed by atoms with Gasteiger partial charge in [-0.2, -0.15) is 0 Å². The Bertz CT molecular complexity index is 1180. The summed E-state index contributed by atoms with van der Waals surface area (Å²) in [5, 5.41) is 11.1. The fourth-order valence-electron chi connectivity index (χ4n) is 3.71. The summed E-state index contributed by atoms with van der Waals surface area (Å²) in [7, 11) is 3.04. The molecule has 1 heterocycles. The van der Waals surface area contributed by atoms with Crippen LogP contribution in [0.15, 0.2) is 78.4 Å². The Kier molecular flexibility index (Phi) is 5.64. The van der Waals surface area contributed by atoms with E-state index in [9.17, 15) is 19.1 Å². The van der Waals surface area contributed by atoms with Gasteiger partial charge in [0.1, 0.15) is 23.1 Å². The topological polar surface area (TPSA) is 76.1 Å². The average Bonchev–Trinajstić information content (AvgIpc) is 3.09. The molecule has 0 aliphatic carbocycles. The summed E-state index contributed by atoms with van der Waals surface area (Å²) in [6, 6.07) is 17.6. The average molecular weight is 433 g/mol. The molecule has 0 unspecified atom stereocenters. The molecule has 162 valence electrons. The van der Waals surface area contributed by atoms with Gasteiger partial charge in [-0.15, -0.1) is 0 Å². The maximum atomic E-state index is 13.6. The van der Waals surface area contributed by atoms with E-state index in [1.165, 1.54) is 43.4 Å². The quantitative estimate of drug-likeness (QED) is 0.365. The van der Waals surface area contributed by atoms with E-state index in [1.807, 2.05) is 0 Å². The molecule has 0 saturated carbocycles. The molecule has 1 N–H and O–H groups in total. The molecule has 6 nitrogen and oxygen atoms in total. The van der Waals surface area contributed by atoms with Gasteiger partial charge in [-0.3, -0.25) is 14.5 Å². The third-order valence-corrected chi connectivity index (χ3v) is 5.34. The first-order chi connectivity index (χ1) is 15.4. The highest BCUT2D eigenvalue weighted by Gasteiger charge is 2.46. The summed E-state index contributed by atoms with van der Waals surface area (Å²) >= 11 is 0. The maximum absolute atomic E-state index is 13.6. The van der Waals surface area contributed by atoms with Gasteiger partial charge in [-0.1, -0.05) is 12.1 Å². The zero-order valence-electron chi connectivity index (χ0n) is 17.4. The number of anilines is 1. The highest BCUT2D eigenvalue weighted by molar-refractivity contribution is 6.51. The molecule has 1 amide bonds. The van der Waals surface area contributed by atoms with Crippen LogP contribution in [0.5, 0.6) is 11.5 Å². The number of Topliss-reactive ketones (excluding diaryl/α,β-unsaturated/α-hetero) is 1. The van der Waals surface area contributed by atoms with Crippen LogP contribution in [-0.4, -0.2) is 31.0 Å². The van der Waals surface area contributed by atoms with Gasteiger partial charge in [0.15, 0.2) is 0 Å². The molecule has 1 atom stereocenters. The molecule has 1 saturated heterocycles. The van der Waals surface area contributed by atoms with Crippen LogP contribution in [0, 0.1) is 5.82 Å². The first-order valence-corrected chi connectivity index (χ1v) is 9.79. The fourth-order valence-corrected chi connectivity index (χ4v) is 3.71. The maximum Gasteiger partial charge on any atom is 0.300 e. The van der Waals surface area contributed by atoms with Crippen molar-refractivity contribution in [1.29, 1.82) is 0 Å². The van der Waals surface area contributed by atoms with Crippen molar-refractivity contribution in [2.45, 2.75) is 6.04 Å². The summed E-state index contributed by atoms with van der Waals surface area (Å²) in [6.45, 7) is 0. The lowest BCUT2D eigenvalue weighted by Crippen LogP contribution is -2.29. The first kappa shape index (κ1) is 21.1. The molecule has 0 aromatic heterocycles. The minimum atomic E-state index is -0.939. The Hall–Kier alpha value is -4.13. The van der Waals surface area contributed by atoms with Crippen LogP contribution < -0.4 is 14.4 Å². The molecule has 3 aromatic carbocycles. The van der Waals surface area contributed by atoms with E-state index in [2.05, 4.69) is 0 Å². The summed E-state index contributed by atoms with van der Waals surface area (Å²) in [5.41, 5.74) is 1.20. The molecule has 7 heteroatoms. The molecule has 0 radical (unpaired) electrons. The number of ether oxygens (including phenoxy) is 2. The molecule has 1 aliphatic heterocycles. The molecule has 0 spiro atoms. The molecular formula is C25H20FNO5. The van der Waals surface area contributed by atoms with Crippen molar-refractivity contribution >= 4 is 23.1 Å². The Balaban J connectivity index is 1.89. The van der Waals surface area contributed by atoms with Crippen LogP contribution in [0.3, 0.4) is 0 Å². The highest BCUT2D eigenvalue weighted by atomic mass is 19.1. The fraction of sp³-hybridized carbons (Fsp3) is 0.120. The van der Waals surface area contributed by atoms with Crippen molar-refractivity contribution in [3.05, 3.63) is 95.3 Å². The van der Waals surface area contributed by atoms with Crippen molar-refractivity contribution in [3.8, 4) is 11.5 Å². The number of aliphatic hydroxyl groups excluding tert-OH is 1. The van der Waals surface area contributed by atoms with Gasteiger partial charge in [0.2, 0.25) is 0 Å². The number of methoxy groups -OCH3 is 2. The lowest BCUT2D eigenvalue weighted by Gasteiger charge is -2.25. The molecule has 32 heavy (non-hydrogen) atoms. The van der Waals surface area contributed by atoms with E-state index in [-0.39, 0.29) is 11.3 Å². The van der Waals surface area contributed by atoms with Crippen LogP contribution in [0.1, 0.15) is 17.2 Å². The summed E-state index contributed by atoms with van der Waals surface area (Å²) in [6.07, 6.45) is 0. The van der Waals surface area contributed by atoms with Crippen molar-refractivity contribution in [3.63, 3.8) is 0 Å². The molecule has 1 aliphatic rings. The van der Waals surface area contributed by atoms with Crippen molar-refractivity contribution in [2.24, 2.45) is 0 Å². The number of halogens is 1. The number of nitrogens with zero attached hydrogens (tertiary/aromatic N) is 1. The number of benzene rings is 3. The molecule has 3 aromatic rings. The van der Waals surface area contributed by atoms with Gasteiger partial charge < -0.3 is 14.6 Å². The lowest BCUT2D eigenvalue weighted by atomic mass is 9.95. The van der Waals surface area contributed by atoms with Crippen LogP contribution in [-0.2, 0) is 9.59 Å². The van der Waals surface area contributed by atoms with Crippen LogP contribution >= 0.6 is 0 Å². The standard InChI is InChI=1S/C25H20FNO5/c1-31-19-11-5-16(6-12-19)23(28)21-22(15-3-7-17(26)8-4-15)27(25(30)24(21)29)18-9-13-20(32-2)14-10-18/h3-14,22,28H,1-2H3/b23-21+/t22-/m1/s1. The van der Waals surface area contributed by atoms with Gasteiger partial charge in [-0.05, 0) is 66.2 Å². The minimum absolute atomic E-state index is 0.0809. The van der Waals surface area contributed by atoms with E-state index in [1.54, 1.807) is 48.5 Å². The second kappa shape index (κ2) is 8.55. The Morgan fingerprint density at radius 2 is 1.38 bits per heavy atom. The van der Waals surface area contributed by atoms with E-state index >= 15 is 0 Å². The number of hydrogen-bond donors (Lipinski definition) is 1. The predicted molar refractivity (Wildman–Crippen MR) is 117 cm³/mol. The van der Waals surface area contributed by atoms with Crippen molar-refractivity contribution in [2.75, 3.05) is 19.1 Å². The number of rotatable bonds is 5. The molecular weight excluding hydrogens is 413 g/mol. The van der Waals surface area contributed by atoms with Gasteiger partial charge in [0.25, 0.3) is 11.7 Å². The Morgan fingerprint density at radius 3 is 1.91 bits per heavy atom. The smallest absolute Gasteiger partial charge is 0.300 e. The van der Waals surface area contributed by atoms with E-state index in [4.69, 9.17) is 9.47 Å². The third kappa shape index (κ3) is 3.69. The van der Waals surface area contributed by atoms with Gasteiger partial charge in [0, 0.05) is 11.3 Å². The second-order valence-electron chi connectivity index (χ2n) is 7.15. The number of hydrogen-bond acceptors (Lipinski definition) is 5. The normalized spacial score (nSPS) is 17.5. The van der Waals surface area contributed by atoms with Crippen molar-refractivity contribution in [1.82, 2.24) is 0 Å². The monoisotopic (exact) mass is 433 g/mol. The Labute approximate surface area is 184 Å². The lowest BCUT2D eigenvalue weighted by molar-refractivity contribution is -0.132. The summed E-state index contributed by atoms with van der Waals surface area (Å²) < 4.78 is 23.9.